The van der Waals surface area contributed by atoms with Gasteiger partial charge in [-0.3, -0.25) is 0 Å². The fourth-order valence-electron chi connectivity index (χ4n) is 1.94. The third-order valence-electron chi connectivity index (χ3n) is 3.15. The van der Waals surface area contributed by atoms with Crippen LogP contribution in [0.4, 0.5) is 23.7 Å². The average Bonchev–Trinajstić information content (AvgIpc) is 2.52. The van der Waals surface area contributed by atoms with Crippen molar-refractivity contribution in [1.82, 2.24) is 5.32 Å². The SMILES string of the molecule is NS(=O)(=O)c1ccc(NC(=O)NCc2cccc(C(F)(F)F)c2)cc1. The molecule has 0 aromatic heterocycles. The summed E-state index contributed by atoms with van der Waals surface area (Å²) >= 11 is 0. The van der Waals surface area contributed by atoms with Gasteiger partial charge in [0.1, 0.15) is 0 Å². The molecule has 2 aromatic rings. The number of benzene rings is 2. The number of nitrogens with two attached hydrogens (primary N) is 1. The highest BCUT2D eigenvalue weighted by atomic mass is 32.2. The van der Waals surface area contributed by atoms with Gasteiger partial charge in [-0.15, -0.1) is 0 Å². The molecular weight excluding hydrogens is 359 g/mol. The molecule has 0 atom stereocenters. The fourth-order valence-corrected chi connectivity index (χ4v) is 2.46. The van der Waals surface area contributed by atoms with Crippen LogP contribution in [0.2, 0.25) is 0 Å². The molecule has 0 aliphatic carbocycles. The van der Waals surface area contributed by atoms with Crippen LogP contribution in [0.25, 0.3) is 0 Å². The lowest BCUT2D eigenvalue weighted by Gasteiger charge is -2.10. The minimum Gasteiger partial charge on any atom is -0.334 e. The highest BCUT2D eigenvalue weighted by Gasteiger charge is 2.30. The van der Waals surface area contributed by atoms with Gasteiger partial charge in [-0.05, 0) is 42.0 Å². The number of urea groups is 1. The molecular formula is C15H14F3N3O3S. The topological polar surface area (TPSA) is 101 Å². The zero-order valence-corrected chi connectivity index (χ0v) is 13.5. The number of amides is 2. The van der Waals surface area contributed by atoms with Crippen LogP contribution in [0, 0.1) is 0 Å². The first kappa shape index (κ1) is 18.7. The number of rotatable bonds is 4. The number of carbonyl (C=O) groups excluding carboxylic acids is 1. The molecule has 6 nitrogen and oxygen atoms in total. The van der Waals surface area contributed by atoms with E-state index in [-0.39, 0.29) is 17.0 Å². The Balaban J connectivity index is 1.95. The van der Waals surface area contributed by atoms with Crippen LogP contribution in [0.1, 0.15) is 11.1 Å². The largest absolute Gasteiger partial charge is 0.416 e. The Kier molecular flexibility index (Phi) is 5.33. The molecule has 0 unspecified atom stereocenters. The summed E-state index contributed by atoms with van der Waals surface area (Å²) in [5.41, 5.74) is -0.214. The van der Waals surface area contributed by atoms with E-state index in [2.05, 4.69) is 10.6 Å². The Morgan fingerprint density at radius 1 is 1.08 bits per heavy atom. The Labute approximate surface area is 141 Å². The maximum atomic E-state index is 12.6. The van der Waals surface area contributed by atoms with Crippen molar-refractivity contribution in [2.24, 2.45) is 5.14 Å². The van der Waals surface area contributed by atoms with Gasteiger partial charge in [0.05, 0.1) is 10.5 Å². The highest BCUT2D eigenvalue weighted by Crippen LogP contribution is 2.29. The van der Waals surface area contributed by atoms with E-state index in [0.717, 1.165) is 12.1 Å². The second-order valence-corrected chi connectivity index (χ2v) is 6.64. The first-order valence-corrected chi connectivity index (χ1v) is 8.44. The van der Waals surface area contributed by atoms with E-state index < -0.39 is 27.8 Å². The van der Waals surface area contributed by atoms with Crippen molar-refractivity contribution in [1.29, 1.82) is 0 Å². The summed E-state index contributed by atoms with van der Waals surface area (Å²) < 4.78 is 60.1. The summed E-state index contributed by atoms with van der Waals surface area (Å²) in [5, 5.41) is 9.79. The van der Waals surface area contributed by atoms with Crippen LogP contribution in [0.3, 0.4) is 0 Å². The van der Waals surface area contributed by atoms with Crippen molar-refractivity contribution in [2.45, 2.75) is 17.6 Å². The second-order valence-electron chi connectivity index (χ2n) is 5.08. The predicted octanol–water partition coefficient (Wildman–Crippen LogP) is 2.67. The summed E-state index contributed by atoms with van der Waals surface area (Å²) in [4.78, 5) is 11.7. The van der Waals surface area contributed by atoms with E-state index in [0.29, 0.717) is 5.69 Å². The lowest BCUT2D eigenvalue weighted by molar-refractivity contribution is -0.137. The standard InChI is InChI=1S/C15H14F3N3O3S/c16-15(17,18)11-3-1-2-10(8-11)9-20-14(22)21-12-4-6-13(7-5-12)25(19,23)24/h1-8H,9H2,(H2,19,23,24)(H2,20,21,22). The van der Waals surface area contributed by atoms with E-state index in [1.807, 2.05) is 0 Å². The third-order valence-corrected chi connectivity index (χ3v) is 4.08. The number of halogens is 3. The second kappa shape index (κ2) is 7.11. The van der Waals surface area contributed by atoms with E-state index in [1.54, 1.807) is 0 Å². The van der Waals surface area contributed by atoms with Gasteiger partial charge in [0.2, 0.25) is 10.0 Å². The van der Waals surface area contributed by atoms with Crippen LogP contribution >= 0.6 is 0 Å². The van der Waals surface area contributed by atoms with Gasteiger partial charge in [0.15, 0.2) is 0 Å². The van der Waals surface area contributed by atoms with Gasteiger partial charge < -0.3 is 10.6 Å². The van der Waals surface area contributed by atoms with Crippen LogP contribution in [0.15, 0.2) is 53.4 Å². The number of primary sulfonamides is 1. The number of carbonyl (C=O) groups is 1. The maximum Gasteiger partial charge on any atom is 0.416 e. The van der Waals surface area contributed by atoms with Gasteiger partial charge in [-0.25, -0.2) is 18.4 Å². The molecule has 25 heavy (non-hydrogen) atoms. The molecule has 4 N–H and O–H groups in total. The highest BCUT2D eigenvalue weighted by molar-refractivity contribution is 7.89. The van der Waals surface area contributed by atoms with E-state index >= 15 is 0 Å². The maximum absolute atomic E-state index is 12.6. The average molecular weight is 373 g/mol. The van der Waals surface area contributed by atoms with Crippen molar-refractivity contribution in [3.63, 3.8) is 0 Å². The third kappa shape index (κ3) is 5.47. The zero-order chi connectivity index (χ0) is 18.7. The van der Waals surface area contributed by atoms with Gasteiger partial charge in [-0.2, -0.15) is 13.2 Å². The fraction of sp³-hybridized carbons (Fsp3) is 0.133. The number of alkyl halides is 3. The van der Waals surface area contributed by atoms with Crippen LogP contribution in [-0.4, -0.2) is 14.4 Å². The van der Waals surface area contributed by atoms with E-state index in [1.165, 1.54) is 36.4 Å². The zero-order valence-electron chi connectivity index (χ0n) is 12.7. The molecule has 0 aliphatic heterocycles. The van der Waals surface area contributed by atoms with Crippen molar-refractivity contribution < 1.29 is 26.4 Å². The molecule has 0 fully saturated rings. The molecule has 2 rings (SSSR count). The molecule has 0 bridgehead atoms. The Morgan fingerprint density at radius 2 is 1.72 bits per heavy atom. The van der Waals surface area contributed by atoms with Crippen molar-refractivity contribution in [3.05, 3.63) is 59.7 Å². The normalized spacial score (nSPS) is 11.8. The number of anilines is 1. The van der Waals surface area contributed by atoms with Crippen LogP contribution in [-0.2, 0) is 22.7 Å². The smallest absolute Gasteiger partial charge is 0.334 e. The molecule has 2 amide bonds. The predicted molar refractivity (Wildman–Crippen MR) is 85.1 cm³/mol. The molecule has 10 heteroatoms. The minimum absolute atomic E-state index is 0.106. The number of sulfonamides is 1. The van der Waals surface area contributed by atoms with Crippen LogP contribution in [0.5, 0.6) is 0 Å². The minimum atomic E-state index is -4.46. The van der Waals surface area contributed by atoms with Crippen LogP contribution < -0.4 is 15.8 Å². The molecule has 2 aromatic carbocycles. The van der Waals surface area contributed by atoms with Gasteiger partial charge in [0.25, 0.3) is 0 Å². The number of hydrogen-bond acceptors (Lipinski definition) is 3. The molecule has 0 heterocycles. The number of hydrogen-bond donors (Lipinski definition) is 3. The molecule has 134 valence electrons. The first-order valence-electron chi connectivity index (χ1n) is 6.89. The van der Waals surface area contributed by atoms with E-state index in [9.17, 15) is 26.4 Å². The van der Waals surface area contributed by atoms with Gasteiger partial charge in [-0.1, -0.05) is 12.1 Å². The van der Waals surface area contributed by atoms with Crippen molar-refractivity contribution >= 4 is 21.7 Å². The molecule has 0 saturated heterocycles. The number of nitrogens with one attached hydrogen (secondary N) is 2. The summed E-state index contributed by atoms with van der Waals surface area (Å²) in [5.74, 6) is 0. The van der Waals surface area contributed by atoms with E-state index in [4.69, 9.17) is 5.14 Å². The Hall–Kier alpha value is -2.59. The summed E-state index contributed by atoms with van der Waals surface area (Å²) in [7, 11) is -3.83. The van der Waals surface area contributed by atoms with Gasteiger partial charge >= 0.3 is 12.2 Å². The molecule has 0 spiro atoms. The molecule has 0 saturated carbocycles. The Morgan fingerprint density at radius 3 is 2.28 bits per heavy atom. The summed E-state index contributed by atoms with van der Waals surface area (Å²) in [6.45, 7) is -0.106. The first-order chi connectivity index (χ1) is 11.6. The summed E-state index contributed by atoms with van der Waals surface area (Å²) in [6.07, 6.45) is -4.46. The summed E-state index contributed by atoms with van der Waals surface area (Å²) in [6, 6.07) is 9.06. The monoisotopic (exact) mass is 373 g/mol. The lowest BCUT2D eigenvalue weighted by Crippen LogP contribution is -2.28. The van der Waals surface area contributed by atoms with Crippen molar-refractivity contribution in [2.75, 3.05) is 5.32 Å². The molecule has 0 radical (unpaired) electrons. The molecule has 0 aliphatic rings. The Bertz CT molecular complexity index is 866. The lowest BCUT2D eigenvalue weighted by atomic mass is 10.1. The quantitative estimate of drug-likeness (QED) is 0.768. The van der Waals surface area contributed by atoms with Crippen molar-refractivity contribution in [3.8, 4) is 0 Å². The van der Waals surface area contributed by atoms with Gasteiger partial charge in [0, 0.05) is 12.2 Å².